The van der Waals surface area contributed by atoms with E-state index in [1.807, 2.05) is 26.2 Å². The summed E-state index contributed by atoms with van der Waals surface area (Å²) in [5, 5.41) is 5.08. The first-order valence-electron chi connectivity index (χ1n) is 6.74. The molecule has 1 unspecified atom stereocenters. The second-order valence-electron chi connectivity index (χ2n) is 5.71. The predicted molar refractivity (Wildman–Crippen MR) is 80.5 cm³/mol. The van der Waals surface area contributed by atoms with Crippen molar-refractivity contribution in [1.29, 1.82) is 0 Å². The van der Waals surface area contributed by atoms with Crippen LogP contribution in [-0.4, -0.2) is 33.2 Å². The Kier molecular flexibility index (Phi) is 4.86. The predicted octanol–water partition coefficient (Wildman–Crippen LogP) is 1.70. The summed E-state index contributed by atoms with van der Waals surface area (Å²) in [6, 6.07) is 1.99. The van der Waals surface area contributed by atoms with Crippen molar-refractivity contribution >= 4 is 21.4 Å². The van der Waals surface area contributed by atoms with Crippen LogP contribution in [0.1, 0.15) is 32.1 Å². The highest BCUT2D eigenvalue weighted by Gasteiger charge is 2.35. The third-order valence-electron chi connectivity index (χ3n) is 3.26. The number of rotatable bonds is 6. The van der Waals surface area contributed by atoms with Crippen LogP contribution in [0.2, 0.25) is 0 Å². The van der Waals surface area contributed by atoms with Crippen molar-refractivity contribution in [3.05, 3.63) is 16.3 Å². The molecule has 2 rings (SSSR count). The van der Waals surface area contributed by atoms with Gasteiger partial charge in [-0.3, -0.25) is 0 Å². The van der Waals surface area contributed by atoms with Gasteiger partial charge in [0.1, 0.15) is 0 Å². The fourth-order valence-corrected chi connectivity index (χ4v) is 4.94. The van der Waals surface area contributed by atoms with Crippen molar-refractivity contribution in [1.82, 2.24) is 10.0 Å². The lowest BCUT2D eigenvalue weighted by Gasteiger charge is -2.23. The lowest BCUT2D eigenvalue weighted by atomic mass is 10.0. The van der Waals surface area contributed by atoms with E-state index in [0.717, 1.165) is 4.88 Å². The highest BCUT2D eigenvalue weighted by molar-refractivity contribution is 7.89. The molecule has 1 fully saturated rings. The molecule has 5 nitrogen and oxygen atoms in total. The maximum absolute atomic E-state index is 12.5. The SMILES string of the molecule is CC(C)NCc1sccc1S(=O)(=O)NC1(C)CCOC1. The Morgan fingerprint density at radius 1 is 1.50 bits per heavy atom. The summed E-state index contributed by atoms with van der Waals surface area (Å²) in [5.74, 6) is 0. The van der Waals surface area contributed by atoms with E-state index in [0.29, 0.717) is 37.1 Å². The first-order valence-corrected chi connectivity index (χ1v) is 9.10. The Bertz CT molecular complexity index is 546. The molecule has 2 N–H and O–H groups in total. The topological polar surface area (TPSA) is 67.4 Å². The van der Waals surface area contributed by atoms with Crippen LogP contribution in [0.5, 0.6) is 0 Å². The number of sulfonamides is 1. The normalized spacial score (nSPS) is 23.6. The third kappa shape index (κ3) is 3.79. The van der Waals surface area contributed by atoms with Gasteiger partial charge in [0.05, 0.1) is 17.0 Å². The fraction of sp³-hybridized carbons (Fsp3) is 0.692. The van der Waals surface area contributed by atoms with Gasteiger partial charge in [0.2, 0.25) is 10.0 Å². The van der Waals surface area contributed by atoms with Gasteiger partial charge in [-0.2, -0.15) is 0 Å². The van der Waals surface area contributed by atoms with E-state index in [1.165, 1.54) is 11.3 Å². The van der Waals surface area contributed by atoms with Gasteiger partial charge in [0.15, 0.2) is 0 Å². The molecule has 1 atom stereocenters. The molecule has 2 heterocycles. The van der Waals surface area contributed by atoms with E-state index in [2.05, 4.69) is 10.0 Å². The lowest BCUT2D eigenvalue weighted by Crippen LogP contribution is -2.46. The molecule has 1 saturated heterocycles. The maximum Gasteiger partial charge on any atom is 0.242 e. The van der Waals surface area contributed by atoms with Gasteiger partial charge in [-0.15, -0.1) is 11.3 Å². The van der Waals surface area contributed by atoms with Gasteiger partial charge in [0, 0.05) is 24.1 Å². The lowest BCUT2D eigenvalue weighted by molar-refractivity contribution is 0.178. The Balaban J connectivity index is 2.15. The molecule has 1 aromatic rings. The highest BCUT2D eigenvalue weighted by Crippen LogP contribution is 2.26. The highest BCUT2D eigenvalue weighted by atomic mass is 32.2. The van der Waals surface area contributed by atoms with Gasteiger partial charge in [-0.1, -0.05) is 13.8 Å². The van der Waals surface area contributed by atoms with E-state index in [9.17, 15) is 8.42 Å². The molecule has 0 radical (unpaired) electrons. The molecule has 0 saturated carbocycles. The third-order valence-corrected chi connectivity index (χ3v) is 6.04. The second-order valence-corrected chi connectivity index (χ2v) is 8.36. The van der Waals surface area contributed by atoms with Crippen molar-refractivity contribution in [2.24, 2.45) is 0 Å². The minimum atomic E-state index is -3.50. The maximum atomic E-state index is 12.5. The van der Waals surface area contributed by atoms with Crippen LogP contribution < -0.4 is 10.0 Å². The number of hydrogen-bond donors (Lipinski definition) is 2. The zero-order valence-electron chi connectivity index (χ0n) is 12.1. The van der Waals surface area contributed by atoms with Crippen LogP contribution in [-0.2, 0) is 21.3 Å². The van der Waals surface area contributed by atoms with E-state index < -0.39 is 15.6 Å². The standard InChI is InChI=1S/C13H22N2O3S2/c1-10(2)14-8-11-12(4-7-19-11)20(16,17)15-13(3)5-6-18-9-13/h4,7,10,14-15H,5-6,8-9H2,1-3H3. The van der Waals surface area contributed by atoms with Crippen LogP contribution >= 0.6 is 11.3 Å². The fourth-order valence-electron chi connectivity index (χ4n) is 2.12. The van der Waals surface area contributed by atoms with E-state index in [4.69, 9.17) is 4.74 Å². The first-order chi connectivity index (χ1) is 9.32. The molecule has 7 heteroatoms. The van der Waals surface area contributed by atoms with E-state index in [-0.39, 0.29) is 0 Å². The Morgan fingerprint density at radius 3 is 2.85 bits per heavy atom. The molecule has 0 aromatic carbocycles. The quantitative estimate of drug-likeness (QED) is 0.838. The molecule has 0 aliphatic carbocycles. The van der Waals surface area contributed by atoms with Crippen LogP contribution in [0.25, 0.3) is 0 Å². The summed E-state index contributed by atoms with van der Waals surface area (Å²) in [6.45, 7) is 7.56. The van der Waals surface area contributed by atoms with Crippen LogP contribution in [0.3, 0.4) is 0 Å². The first kappa shape index (κ1) is 15.9. The van der Waals surface area contributed by atoms with Crippen molar-refractivity contribution in [2.75, 3.05) is 13.2 Å². The molecular formula is C13H22N2O3S2. The average molecular weight is 318 g/mol. The number of hydrogen-bond acceptors (Lipinski definition) is 5. The minimum absolute atomic E-state index is 0.321. The van der Waals surface area contributed by atoms with Crippen LogP contribution in [0.15, 0.2) is 16.3 Å². The summed E-state index contributed by atoms with van der Waals surface area (Å²) in [7, 11) is -3.50. The molecule has 20 heavy (non-hydrogen) atoms. The molecule has 0 bridgehead atoms. The summed E-state index contributed by atoms with van der Waals surface area (Å²) < 4.78 is 33.1. The Morgan fingerprint density at radius 2 is 2.25 bits per heavy atom. The Hall–Kier alpha value is -0.470. The summed E-state index contributed by atoms with van der Waals surface area (Å²) in [5.41, 5.74) is -0.497. The molecule has 114 valence electrons. The molecule has 0 spiro atoms. The zero-order chi connectivity index (χ0) is 14.8. The smallest absolute Gasteiger partial charge is 0.242 e. The van der Waals surface area contributed by atoms with Gasteiger partial charge in [0.25, 0.3) is 0 Å². The largest absolute Gasteiger partial charge is 0.379 e. The second kappa shape index (κ2) is 6.11. The minimum Gasteiger partial charge on any atom is -0.379 e. The molecule has 0 amide bonds. The summed E-state index contributed by atoms with van der Waals surface area (Å²) >= 11 is 1.46. The number of nitrogens with one attached hydrogen (secondary N) is 2. The van der Waals surface area contributed by atoms with Crippen molar-refractivity contribution < 1.29 is 13.2 Å². The molecular weight excluding hydrogens is 296 g/mol. The van der Waals surface area contributed by atoms with Crippen LogP contribution in [0.4, 0.5) is 0 Å². The zero-order valence-corrected chi connectivity index (χ0v) is 13.7. The van der Waals surface area contributed by atoms with Gasteiger partial charge in [-0.05, 0) is 24.8 Å². The molecule has 1 aliphatic heterocycles. The van der Waals surface area contributed by atoms with Gasteiger partial charge >= 0.3 is 0 Å². The summed E-state index contributed by atoms with van der Waals surface area (Å²) in [6.07, 6.45) is 0.704. The van der Waals surface area contributed by atoms with Crippen molar-refractivity contribution in [3.8, 4) is 0 Å². The number of thiophene rings is 1. The van der Waals surface area contributed by atoms with E-state index >= 15 is 0 Å². The van der Waals surface area contributed by atoms with E-state index in [1.54, 1.807) is 6.07 Å². The monoisotopic (exact) mass is 318 g/mol. The average Bonchev–Trinajstić information content (AvgIpc) is 2.94. The molecule has 1 aromatic heterocycles. The van der Waals surface area contributed by atoms with Crippen LogP contribution in [0, 0.1) is 0 Å². The van der Waals surface area contributed by atoms with Gasteiger partial charge < -0.3 is 10.1 Å². The Labute approximate surface area is 124 Å². The van der Waals surface area contributed by atoms with Crippen molar-refractivity contribution in [3.63, 3.8) is 0 Å². The summed E-state index contributed by atoms with van der Waals surface area (Å²) in [4.78, 5) is 1.22. The molecule has 1 aliphatic rings. The number of ether oxygens (including phenoxy) is 1. The van der Waals surface area contributed by atoms with Gasteiger partial charge in [-0.25, -0.2) is 13.1 Å². The van der Waals surface area contributed by atoms with Crippen molar-refractivity contribution in [2.45, 2.75) is 50.2 Å².